The summed E-state index contributed by atoms with van der Waals surface area (Å²) in [6, 6.07) is -0.100. The van der Waals surface area contributed by atoms with Gasteiger partial charge in [-0.2, -0.15) is 0 Å². The molecule has 0 aliphatic carbocycles. The summed E-state index contributed by atoms with van der Waals surface area (Å²) in [5.74, 6) is -0.0400. The minimum absolute atomic E-state index is 0.0107. The van der Waals surface area contributed by atoms with E-state index < -0.39 is 6.10 Å². The number of aliphatic hydroxyl groups is 2. The van der Waals surface area contributed by atoms with Crippen LogP contribution >= 0.6 is 0 Å². The Balaban J connectivity index is 0. The van der Waals surface area contributed by atoms with Crippen molar-refractivity contribution in [1.29, 1.82) is 0 Å². The third-order valence-electron chi connectivity index (χ3n) is 2.97. The number of hydrogen-bond donors (Lipinski definition) is 4. The molecule has 2 amide bonds. The number of hydrogen-bond acceptors (Lipinski definition) is 4. The Labute approximate surface area is 141 Å². The Hall–Kier alpha value is -1.14. The molecule has 0 heterocycles. The summed E-state index contributed by atoms with van der Waals surface area (Å²) in [5, 5.41) is 23.1. The third kappa shape index (κ3) is 13.0. The van der Waals surface area contributed by atoms with Crippen molar-refractivity contribution in [2.45, 2.75) is 74.0 Å². The van der Waals surface area contributed by atoms with Gasteiger partial charge in [-0.1, -0.05) is 48.5 Å². The summed E-state index contributed by atoms with van der Waals surface area (Å²) in [4.78, 5) is 22.5. The number of carbonyl (C=O) groups excluding carboxylic acids is 2. The standard InChI is InChI=1S/C9H19NO2.C8H17NO2/c1-5-7(6-11)10-8(12)9(2,3)4;1-6(10)5-9-7(11)8(2,3)4/h7,11H,5-6H2,1-4H3,(H,10,12);6,10H,5H2,1-4H3,(H,9,11). The van der Waals surface area contributed by atoms with Gasteiger partial charge in [-0.3, -0.25) is 9.59 Å². The van der Waals surface area contributed by atoms with E-state index in [1.54, 1.807) is 6.92 Å². The minimum Gasteiger partial charge on any atom is -0.394 e. The van der Waals surface area contributed by atoms with E-state index in [1.165, 1.54) is 0 Å². The first-order chi connectivity index (χ1) is 10.3. The lowest BCUT2D eigenvalue weighted by Crippen LogP contribution is -2.43. The molecule has 0 saturated heterocycles. The average molecular weight is 332 g/mol. The maximum Gasteiger partial charge on any atom is 0.225 e. The highest BCUT2D eigenvalue weighted by molar-refractivity contribution is 5.81. The van der Waals surface area contributed by atoms with Crippen LogP contribution in [0.3, 0.4) is 0 Å². The maximum absolute atomic E-state index is 11.4. The molecule has 0 aromatic carbocycles. The molecule has 6 heteroatoms. The van der Waals surface area contributed by atoms with Crippen molar-refractivity contribution in [3.05, 3.63) is 0 Å². The molecule has 0 aliphatic rings. The smallest absolute Gasteiger partial charge is 0.225 e. The second kappa shape index (κ2) is 10.6. The van der Waals surface area contributed by atoms with Gasteiger partial charge in [0.05, 0.1) is 18.8 Å². The van der Waals surface area contributed by atoms with E-state index in [0.717, 1.165) is 6.42 Å². The average Bonchev–Trinajstić information content (AvgIpc) is 2.40. The van der Waals surface area contributed by atoms with Crippen molar-refractivity contribution in [2.75, 3.05) is 13.2 Å². The molecule has 0 aromatic rings. The van der Waals surface area contributed by atoms with Gasteiger partial charge in [0.1, 0.15) is 0 Å². The lowest BCUT2D eigenvalue weighted by atomic mass is 9.95. The minimum atomic E-state index is -0.471. The van der Waals surface area contributed by atoms with Gasteiger partial charge in [0.15, 0.2) is 0 Å². The fraction of sp³-hybridized carbons (Fsp3) is 0.882. The monoisotopic (exact) mass is 332 g/mol. The van der Waals surface area contributed by atoms with Crippen LogP contribution in [0.1, 0.15) is 61.8 Å². The molecule has 0 radical (unpaired) electrons. The first kappa shape index (κ1) is 24.1. The van der Waals surface area contributed by atoms with Crippen molar-refractivity contribution >= 4 is 11.8 Å². The summed E-state index contributed by atoms with van der Waals surface area (Å²) < 4.78 is 0. The number of carbonyl (C=O) groups is 2. The van der Waals surface area contributed by atoms with Crippen LogP contribution < -0.4 is 10.6 Å². The van der Waals surface area contributed by atoms with Crippen LogP contribution in [0.25, 0.3) is 0 Å². The van der Waals surface area contributed by atoms with Crippen molar-refractivity contribution in [3.63, 3.8) is 0 Å². The Morgan fingerprint density at radius 1 is 1.00 bits per heavy atom. The Morgan fingerprint density at radius 3 is 1.70 bits per heavy atom. The maximum atomic E-state index is 11.4. The van der Waals surface area contributed by atoms with Gasteiger partial charge in [0.2, 0.25) is 11.8 Å². The van der Waals surface area contributed by atoms with E-state index in [-0.39, 0.29) is 35.3 Å². The predicted octanol–water partition coefficient (Wildman–Crippen LogP) is 1.45. The van der Waals surface area contributed by atoms with Gasteiger partial charge in [0.25, 0.3) is 0 Å². The molecule has 0 spiro atoms. The molecule has 2 atom stereocenters. The van der Waals surface area contributed by atoms with Crippen LogP contribution in [-0.4, -0.2) is 47.3 Å². The summed E-state index contributed by atoms with van der Waals surface area (Å²) in [6.07, 6.45) is 0.291. The normalized spacial score (nSPS) is 14.2. The van der Waals surface area contributed by atoms with Crippen molar-refractivity contribution in [2.24, 2.45) is 10.8 Å². The second-order valence-electron chi connectivity index (χ2n) is 7.82. The van der Waals surface area contributed by atoms with E-state index in [4.69, 9.17) is 10.2 Å². The fourth-order valence-corrected chi connectivity index (χ4v) is 1.18. The fourth-order valence-electron chi connectivity index (χ4n) is 1.18. The van der Waals surface area contributed by atoms with E-state index in [0.29, 0.717) is 6.54 Å². The summed E-state index contributed by atoms with van der Waals surface area (Å²) in [7, 11) is 0. The largest absolute Gasteiger partial charge is 0.394 e. The van der Waals surface area contributed by atoms with E-state index in [9.17, 15) is 9.59 Å². The molecular weight excluding hydrogens is 296 g/mol. The van der Waals surface area contributed by atoms with Crippen LogP contribution in [0, 0.1) is 10.8 Å². The quantitative estimate of drug-likeness (QED) is 0.612. The Kier molecular flexibility index (Phi) is 11.1. The van der Waals surface area contributed by atoms with Gasteiger partial charge in [-0.05, 0) is 13.3 Å². The number of rotatable bonds is 5. The SMILES string of the molecule is CC(O)CNC(=O)C(C)(C)C.CCC(CO)NC(=O)C(C)(C)C. The van der Waals surface area contributed by atoms with Gasteiger partial charge >= 0.3 is 0 Å². The molecule has 23 heavy (non-hydrogen) atoms. The molecule has 0 aliphatic heterocycles. The van der Waals surface area contributed by atoms with Crippen LogP contribution in [0.2, 0.25) is 0 Å². The van der Waals surface area contributed by atoms with E-state index in [1.807, 2.05) is 48.5 Å². The summed E-state index contributed by atoms with van der Waals surface area (Å²) in [5.41, 5.74) is -0.739. The van der Waals surface area contributed by atoms with Gasteiger partial charge in [0, 0.05) is 17.4 Å². The number of amides is 2. The van der Waals surface area contributed by atoms with Crippen LogP contribution in [0.4, 0.5) is 0 Å². The molecule has 0 rings (SSSR count). The highest BCUT2D eigenvalue weighted by atomic mass is 16.3. The molecular formula is C17H36N2O4. The van der Waals surface area contributed by atoms with E-state index >= 15 is 0 Å². The topological polar surface area (TPSA) is 98.7 Å². The molecule has 0 aromatic heterocycles. The van der Waals surface area contributed by atoms with Gasteiger partial charge in [-0.15, -0.1) is 0 Å². The molecule has 2 unspecified atom stereocenters. The predicted molar refractivity (Wildman–Crippen MR) is 92.9 cm³/mol. The second-order valence-corrected chi connectivity index (χ2v) is 7.82. The van der Waals surface area contributed by atoms with Crippen LogP contribution in [-0.2, 0) is 9.59 Å². The van der Waals surface area contributed by atoms with E-state index in [2.05, 4.69) is 10.6 Å². The molecule has 0 bridgehead atoms. The highest BCUT2D eigenvalue weighted by Crippen LogP contribution is 2.13. The third-order valence-corrected chi connectivity index (χ3v) is 2.97. The Bertz CT molecular complexity index is 351. The molecule has 0 saturated carbocycles. The van der Waals surface area contributed by atoms with Crippen molar-refractivity contribution in [1.82, 2.24) is 10.6 Å². The lowest BCUT2D eigenvalue weighted by molar-refractivity contribution is -0.130. The van der Waals surface area contributed by atoms with Gasteiger partial charge in [-0.25, -0.2) is 0 Å². The zero-order valence-corrected chi connectivity index (χ0v) is 16.0. The summed E-state index contributed by atoms with van der Waals surface area (Å²) >= 11 is 0. The Morgan fingerprint density at radius 2 is 1.43 bits per heavy atom. The zero-order chi connectivity index (χ0) is 18.8. The highest BCUT2D eigenvalue weighted by Gasteiger charge is 2.23. The van der Waals surface area contributed by atoms with Crippen LogP contribution in [0.15, 0.2) is 0 Å². The number of nitrogens with one attached hydrogen (secondary N) is 2. The molecule has 0 fully saturated rings. The molecule has 4 N–H and O–H groups in total. The summed E-state index contributed by atoms with van der Waals surface area (Å²) in [6.45, 7) is 15.0. The van der Waals surface area contributed by atoms with Crippen molar-refractivity contribution < 1.29 is 19.8 Å². The number of aliphatic hydroxyl groups excluding tert-OH is 2. The molecule has 6 nitrogen and oxygen atoms in total. The molecule has 138 valence electrons. The van der Waals surface area contributed by atoms with Gasteiger partial charge < -0.3 is 20.8 Å². The van der Waals surface area contributed by atoms with Crippen molar-refractivity contribution in [3.8, 4) is 0 Å². The van der Waals surface area contributed by atoms with Crippen LogP contribution in [0.5, 0.6) is 0 Å². The lowest BCUT2D eigenvalue weighted by Gasteiger charge is -2.22. The first-order valence-electron chi connectivity index (χ1n) is 8.13. The first-order valence-corrected chi connectivity index (χ1v) is 8.13. The zero-order valence-electron chi connectivity index (χ0n) is 16.0.